The molecule has 0 saturated heterocycles. The maximum absolute atomic E-state index is 11.9. The van der Waals surface area contributed by atoms with Gasteiger partial charge in [-0.3, -0.25) is 9.89 Å². The molecule has 0 amide bonds. The van der Waals surface area contributed by atoms with E-state index >= 15 is 0 Å². The molecule has 2 heterocycles. The van der Waals surface area contributed by atoms with E-state index in [2.05, 4.69) is 10.2 Å². The molecule has 90 valence electrons. The molecule has 2 N–H and O–H groups in total. The molecule has 2 rings (SSSR count). The Hall–Kier alpha value is -1.12. The maximum atomic E-state index is 11.9. The fourth-order valence-electron chi connectivity index (χ4n) is 1.72. The summed E-state index contributed by atoms with van der Waals surface area (Å²) in [6.07, 6.45) is 0.529. The van der Waals surface area contributed by atoms with E-state index in [0.29, 0.717) is 18.5 Å². The predicted molar refractivity (Wildman–Crippen MR) is 58.1 cm³/mol. The van der Waals surface area contributed by atoms with Gasteiger partial charge in [0, 0.05) is 39.3 Å². The molecule has 0 spiro atoms. The number of hydrogen-bond acceptors (Lipinski definition) is 3. The first-order chi connectivity index (χ1) is 7.43. The van der Waals surface area contributed by atoms with Crippen molar-refractivity contribution in [3.8, 4) is 0 Å². The quantitative estimate of drug-likeness (QED) is 0.692. The first-order valence-corrected chi connectivity index (χ1v) is 6.28. The number of rotatable bonds is 2. The summed E-state index contributed by atoms with van der Waals surface area (Å²) in [6, 6.07) is 0. The summed E-state index contributed by atoms with van der Waals surface area (Å²) >= 11 is 0. The number of nitrogens with zero attached hydrogens (tertiary/aromatic N) is 2. The van der Waals surface area contributed by atoms with Crippen LogP contribution in [-0.4, -0.2) is 47.9 Å². The van der Waals surface area contributed by atoms with Crippen molar-refractivity contribution in [2.75, 3.05) is 20.6 Å². The summed E-state index contributed by atoms with van der Waals surface area (Å²) in [5.74, 6) is 0. The molecule has 1 aliphatic heterocycles. The lowest BCUT2D eigenvalue weighted by Crippen LogP contribution is -2.43. The van der Waals surface area contributed by atoms with Crippen molar-refractivity contribution in [1.29, 1.82) is 0 Å². The van der Waals surface area contributed by atoms with E-state index < -0.39 is 10.2 Å². The van der Waals surface area contributed by atoms with Crippen molar-refractivity contribution < 1.29 is 8.42 Å². The van der Waals surface area contributed by atoms with Crippen LogP contribution in [0.4, 0.5) is 0 Å². The first kappa shape index (κ1) is 11.4. The Balaban J connectivity index is 2.33. The van der Waals surface area contributed by atoms with E-state index in [0.717, 1.165) is 10.00 Å². The Bertz CT molecular complexity index is 542. The highest BCUT2D eigenvalue weighted by Gasteiger charge is 2.30. The van der Waals surface area contributed by atoms with Crippen LogP contribution < -0.4 is 5.56 Å². The molecular weight excluding hydrogens is 232 g/mol. The lowest BCUT2D eigenvalue weighted by atomic mass is 10.1. The van der Waals surface area contributed by atoms with Crippen LogP contribution in [0.1, 0.15) is 11.3 Å². The standard InChI is InChI=1S/C8H14N4O3S/c1-11(2)16(14,15)12-4-3-7-6(5-12)8(13)10-9-7/h3-5H2,1-2H3,(H2,9,10,13). The minimum Gasteiger partial charge on any atom is -0.302 e. The Morgan fingerprint density at radius 1 is 1.31 bits per heavy atom. The number of aromatic amines is 2. The Morgan fingerprint density at radius 3 is 2.62 bits per heavy atom. The Morgan fingerprint density at radius 2 is 2.00 bits per heavy atom. The van der Waals surface area contributed by atoms with Crippen molar-refractivity contribution in [3.63, 3.8) is 0 Å². The zero-order valence-corrected chi connectivity index (χ0v) is 9.97. The number of fused-ring (bicyclic) bond motifs is 1. The second-order valence-corrected chi connectivity index (χ2v) is 6.05. The molecule has 0 unspecified atom stereocenters. The zero-order valence-electron chi connectivity index (χ0n) is 9.15. The van der Waals surface area contributed by atoms with Gasteiger partial charge in [-0.25, -0.2) is 0 Å². The van der Waals surface area contributed by atoms with Gasteiger partial charge in [0.05, 0.1) is 5.56 Å². The van der Waals surface area contributed by atoms with Gasteiger partial charge in [-0.1, -0.05) is 0 Å². The highest BCUT2D eigenvalue weighted by Crippen LogP contribution is 2.17. The van der Waals surface area contributed by atoms with Crippen LogP contribution in [0, 0.1) is 0 Å². The molecule has 0 bridgehead atoms. The predicted octanol–water partition coefficient (Wildman–Crippen LogP) is -1.13. The third-order valence-electron chi connectivity index (χ3n) is 2.70. The maximum Gasteiger partial charge on any atom is 0.281 e. The first-order valence-electron chi connectivity index (χ1n) is 4.89. The zero-order chi connectivity index (χ0) is 11.9. The molecule has 7 nitrogen and oxygen atoms in total. The number of aromatic nitrogens is 2. The Labute approximate surface area is 93.2 Å². The second-order valence-electron chi connectivity index (χ2n) is 3.91. The second kappa shape index (κ2) is 3.72. The van der Waals surface area contributed by atoms with Gasteiger partial charge in [0.15, 0.2) is 0 Å². The van der Waals surface area contributed by atoms with Crippen molar-refractivity contribution in [2.45, 2.75) is 13.0 Å². The largest absolute Gasteiger partial charge is 0.302 e. The smallest absolute Gasteiger partial charge is 0.281 e. The minimum atomic E-state index is -3.44. The van der Waals surface area contributed by atoms with Crippen LogP contribution in [0.25, 0.3) is 0 Å². The molecular formula is C8H14N4O3S. The third kappa shape index (κ3) is 1.68. The molecule has 1 aromatic heterocycles. The fourth-order valence-corrected chi connectivity index (χ4v) is 2.80. The van der Waals surface area contributed by atoms with E-state index in [4.69, 9.17) is 0 Å². The van der Waals surface area contributed by atoms with Gasteiger partial charge >= 0.3 is 0 Å². The van der Waals surface area contributed by atoms with Gasteiger partial charge in [0.25, 0.3) is 15.8 Å². The number of hydrogen-bond donors (Lipinski definition) is 2. The topological polar surface area (TPSA) is 89.3 Å². The normalized spacial score (nSPS) is 17.7. The highest BCUT2D eigenvalue weighted by atomic mass is 32.2. The van der Waals surface area contributed by atoms with Crippen LogP contribution >= 0.6 is 0 Å². The molecule has 0 atom stereocenters. The van der Waals surface area contributed by atoms with Gasteiger partial charge < -0.3 is 5.10 Å². The lowest BCUT2D eigenvalue weighted by Gasteiger charge is -2.27. The Kier molecular flexibility index (Phi) is 2.64. The average molecular weight is 246 g/mol. The third-order valence-corrected chi connectivity index (χ3v) is 4.59. The van der Waals surface area contributed by atoms with Gasteiger partial charge in [0.1, 0.15) is 0 Å². The van der Waals surface area contributed by atoms with Crippen molar-refractivity contribution in [3.05, 3.63) is 21.6 Å². The van der Waals surface area contributed by atoms with Gasteiger partial charge in [-0.15, -0.1) is 0 Å². The van der Waals surface area contributed by atoms with Crippen molar-refractivity contribution in [2.24, 2.45) is 0 Å². The molecule has 1 aromatic rings. The van der Waals surface area contributed by atoms with E-state index in [1.165, 1.54) is 18.4 Å². The lowest BCUT2D eigenvalue weighted by molar-refractivity contribution is 0.357. The molecule has 0 fully saturated rings. The van der Waals surface area contributed by atoms with E-state index in [1.807, 2.05) is 0 Å². The average Bonchev–Trinajstić information content (AvgIpc) is 2.60. The molecule has 1 aliphatic rings. The molecule has 0 radical (unpaired) electrons. The van der Waals surface area contributed by atoms with E-state index in [-0.39, 0.29) is 12.1 Å². The monoisotopic (exact) mass is 246 g/mol. The minimum absolute atomic E-state index is 0.134. The van der Waals surface area contributed by atoms with Crippen LogP contribution in [0.5, 0.6) is 0 Å². The van der Waals surface area contributed by atoms with Crippen LogP contribution in [0.15, 0.2) is 4.79 Å². The summed E-state index contributed by atoms with van der Waals surface area (Å²) in [6.45, 7) is 0.524. The van der Waals surface area contributed by atoms with E-state index in [1.54, 1.807) is 0 Å². The van der Waals surface area contributed by atoms with Gasteiger partial charge in [0.2, 0.25) is 0 Å². The number of nitrogens with one attached hydrogen (secondary N) is 2. The SMILES string of the molecule is CN(C)S(=O)(=O)N1CCc2[nH][nH]c(=O)c2C1. The molecule has 0 aromatic carbocycles. The van der Waals surface area contributed by atoms with Crippen molar-refractivity contribution >= 4 is 10.2 Å². The van der Waals surface area contributed by atoms with Gasteiger partial charge in [-0.05, 0) is 0 Å². The summed E-state index contributed by atoms with van der Waals surface area (Å²) in [7, 11) is -0.481. The van der Waals surface area contributed by atoms with Crippen LogP contribution in [-0.2, 0) is 23.2 Å². The molecule has 0 saturated carbocycles. The highest BCUT2D eigenvalue weighted by molar-refractivity contribution is 7.86. The van der Waals surface area contributed by atoms with Gasteiger partial charge in [-0.2, -0.15) is 17.0 Å². The van der Waals surface area contributed by atoms with Crippen LogP contribution in [0.3, 0.4) is 0 Å². The fraction of sp³-hybridized carbons (Fsp3) is 0.625. The summed E-state index contributed by atoms with van der Waals surface area (Å²) in [5, 5.41) is 5.22. The molecule has 8 heteroatoms. The number of H-pyrrole nitrogens is 2. The molecule has 0 aliphatic carbocycles. The molecule has 16 heavy (non-hydrogen) atoms. The van der Waals surface area contributed by atoms with Crippen LogP contribution in [0.2, 0.25) is 0 Å². The van der Waals surface area contributed by atoms with E-state index in [9.17, 15) is 13.2 Å². The van der Waals surface area contributed by atoms with Crippen molar-refractivity contribution in [1.82, 2.24) is 18.8 Å². The summed E-state index contributed by atoms with van der Waals surface area (Å²) in [4.78, 5) is 11.4. The summed E-state index contributed by atoms with van der Waals surface area (Å²) < 4.78 is 26.2. The summed E-state index contributed by atoms with van der Waals surface area (Å²) in [5.41, 5.74) is 1.07.